The highest BCUT2D eigenvalue weighted by atomic mass is 35.5. The first-order chi connectivity index (χ1) is 11.2. The molecule has 0 aliphatic rings. The zero-order valence-corrected chi connectivity index (χ0v) is 14.6. The van der Waals surface area contributed by atoms with Crippen molar-refractivity contribution in [2.75, 3.05) is 19.4 Å². The van der Waals surface area contributed by atoms with Crippen molar-refractivity contribution in [1.82, 2.24) is 5.32 Å². The van der Waals surface area contributed by atoms with E-state index in [0.29, 0.717) is 12.3 Å². The Kier molecular flexibility index (Phi) is 7.30. The highest BCUT2D eigenvalue weighted by Gasteiger charge is 2.03. The van der Waals surface area contributed by atoms with Gasteiger partial charge in [0.05, 0.1) is 12.9 Å². The summed E-state index contributed by atoms with van der Waals surface area (Å²) in [7, 11) is 1.64. The van der Waals surface area contributed by atoms with E-state index in [2.05, 4.69) is 5.32 Å². The Balaban J connectivity index is 1.62. The van der Waals surface area contributed by atoms with Gasteiger partial charge in [-0.3, -0.25) is 4.79 Å². The minimum Gasteiger partial charge on any atom is -0.497 e. The third-order valence-electron chi connectivity index (χ3n) is 3.31. The molecule has 23 heavy (non-hydrogen) atoms. The van der Waals surface area contributed by atoms with Crippen molar-refractivity contribution in [2.45, 2.75) is 17.7 Å². The van der Waals surface area contributed by atoms with Gasteiger partial charge in [-0.15, -0.1) is 11.8 Å². The monoisotopic (exact) mass is 349 g/mol. The molecule has 0 heterocycles. The number of benzene rings is 2. The lowest BCUT2D eigenvalue weighted by Gasteiger charge is -2.06. The summed E-state index contributed by atoms with van der Waals surface area (Å²) in [6.07, 6.45) is 1.85. The van der Waals surface area contributed by atoms with E-state index in [9.17, 15) is 4.79 Å². The average molecular weight is 350 g/mol. The third kappa shape index (κ3) is 6.55. The summed E-state index contributed by atoms with van der Waals surface area (Å²) in [5.74, 6) is 1.30. The Morgan fingerprint density at radius 3 is 2.48 bits per heavy atom. The van der Waals surface area contributed by atoms with E-state index >= 15 is 0 Å². The van der Waals surface area contributed by atoms with Gasteiger partial charge >= 0.3 is 0 Å². The number of carbonyl (C=O) groups is 1. The Morgan fingerprint density at radius 2 is 1.83 bits per heavy atom. The highest BCUT2D eigenvalue weighted by Crippen LogP contribution is 2.20. The number of hydrogen-bond acceptors (Lipinski definition) is 3. The van der Waals surface area contributed by atoms with Crippen LogP contribution in [0.25, 0.3) is 0 Å². The number of hydrogen-bond donors (Lipinski definition) is 1. The number of nitrogens with one attached hydrogen (secondary N) is 1. The Labute approximate surface area is 146 Å². The molecule has 0 fully saturated rings. The van der Waals surface area contributed by atoms with Gasteiger partial charge < -0.3 is 10.1 Å². The highest BCUT2D eigenvalue weighted by molar-refractivity contribution is 8.00. The number of carbonyl (C=O) groups excluding carboxylic acids is 1. The van der Waals surface area contributed by atoms with Gasteiger partial charge in [0.15, 0.2) is 0 Å². The normalized spacial score (nSPS) is 10.3. The topological polar surface area (TPSA) is 38.3 Å². The van der Waals surface area contributed by atoms with Crippen LogP contribution in [0.15, 0.2) is 53.4 Å². The molecule has 0 bridgehead atoms. The van der Waals surface area contributed by atoms with Crippen molar-refractivity contribution in [3.8, 4) is 5.75 Å². The van der Waals surface area contributed by atoms with Crippen LogP contribution in [-0.2, 0) is 11.2 Å². The predicted octanol–water partition coefficient (Wildman–Crippen LogP) is 4.19. The fraction of sp³-hybridized carbons (Fsp3) is 0.278. The number of aryl methyl sites for hydroxylation is 1. The minimum absolute atomic E-state index is 0.0573. The van der Waals surface area contributed by atoms with Crippen LogP contribution in [0.5, 0.6) is 5.75 Å². The van der Waals surface area contributed by atoms with Crippen LogP contribution in [-0.4, -0.2) is 25.3 Å². The van der Waals surface area contributed by atoms with Crippen LogP contribution in [0, 0.1) is 0 Å². The van der Waals surface area contributed by atoms with E-state index in [1.54, 1.807) is 7.11 Å². The van der Waals surface area contributed by atoms with Crippen molar-refractivity contribution in [1.29, 1.82) is 0 Å². The van der Waals surface area contributed by atoms with Gasteiger partial charge in [-0.1, -0.05) is 23.7 Å². The molecule has 122 valence electrons. The van der Waals surface area contributed by atoms with Gasteiger partial charge in [0, 0.05) is 16.5 Å². The zero-order valence-electron chi connectivity index (χ0n) is 13.0. The van der Waals surface area contributed by atoms with Gasteiger partial charge in [0.25, 0.3) is 0 Å². The summed E-state index contributed by atoms with van der Waals surface area (Å²) < 4.78 is 5.11. The predicted molar refractivity (Wildman–Crippen MR) is 96.5 cm³/mol. The number of methoxy groups -OCH3 is 1. The van der Waals surface area contributed by atoms with Gasteiger partial charge in [-0.25, -0.2) is 0 Å². The first-order valence-corrected chi connectivity index (χ1v) is 8.82. The van der Waals surface area contributed by atoms with Crippen molar-refractivity contribution in [3.63, 3.8) is 0 Å². The summed E-state index contributed by atoms with van der Waals surface area (Å²) in [5, 5.41) is 3.69. The molecule has 1 amide bonds. The molecular formula is C18H20ClNO2S. The van der Waals surface area contributed by atoms with Crippen molar-refractivity contribution < 1.29 is 9.53 Å². The summed E-state index contributed by atoms with van der Waals surface area (Å²) in [6, 6.07) is 15.5. The van der Waals surface area contributed by atoms with Crippen molar-refractivity contribution in [2.24, 2.45) is 0 Å². The van der Waals surface area contributed by atoms with Gasteiger partial charge in [-0.2, -0.15) is 0 Å². The van der Waals surface area contributed by atoms with Crippen LogP contribution in [0.2, 0.25) is 5.02 Å². The number of halogens is 1. The maximum absolute atomic E-state index is 11.8. The summed E-state index contributed by atoms with van der Waals surface area (Å²) in [6.45, 7) is 0.685. The fourth-order valence-electron chi connectivity index (χ4n) is 2.04. The molecule has 3 nitrogen and oxygen atoms in total. The van der Waals surface area contributed by atoms with Crippen LogP contribution in [0.4, 0.5) is 0 Å². The second kappa shape index (κ2) is 9.48. The summed E-state index contributed by atoms with van der Waals surface area (Å²) in [5.41, 5.74) is 1.23. The second-order valence-electron chi connectivity index (χ2n) is 5.04. The maximum atomic E-state index is 11.8. The first-order valence-electron chi connectivity index (χ1n) is 7.45. The zero-order chi connectivity index (χ0) is 16.5. The van der Waals surface area contributed by atoms with E-state index < -0.39 is 0 Å². The average Bonchev–Trinajstić information content (AvgIpc) is 2.59. The Bertz CT molecular complexity index is 614. The smallest absolute Gasteiger partial charge is 0.230 e. The fourth-order valence-corrected chi connectivity index (χ4v) is 2.90. The molecule has 0 atom stereocenters. The van der Waals surface area contributed by atoms with Gasteiger partial charge in [-0.05, 0) is 54.8 Å². The lowest BCUT2D eigenvalue weighted by atomic mass is 10.1. The third-order valence-corrected chi connectivity index (χ3v) is 4.57. The molecule has 0 aliphatic carbocycles. The standard InChI is InChI=1S/C18H20ClNO2S/c1-22-16-8-10-17(11-9-16)23-13-18(21)20-12-2-3-14-4-6-15(19)7-5-14/h4-11H,2-3,12-13H2,1H3,(H,20,21). The van der Waals surface area contributed by atoms with E-state index in [4.69, 9.17) is 16.3 Å². The molecule has 5 heteroatoms. The van der Waals surface area contributed by atoms with Crippen molar-refractivity contribution in [3.05, 3.63) is 59.1 Å². The molecular weight excluding hydrogens is 330 g/mol. The van der Waals surface area contributed by atoms with Crippen molar-refractivity contribution >= 4 is 29.3 Å². The molecule has 0 radical (unpaired) electrons. The summed E-state index contributed by atoms with van der Waals surface area (Å²) in [4.78, 5) is 12.9. The first kappa shape index (κ1) is 17.7. The molecule has 2 aromatic rings. The van der Waals surface area contributed by atoms with E-state index in [1.165, 1.54) is 17.3 Å². The SMILES string of the molecule is COc1ccc(SCC(=O)NCCCc2ccc(Cl)cc2)cc1. The minimum atomic E-state index is 0.0573. The van der Waals surface area contributed by atoms with Gasteiger partial charge in [0.2, 0.25) is 5.91 Å². The lowest BCUT2D eigenvalue weighted by Crippen LogP contribution is -2.26. The molecule has 2 rings (SSSR count). The van der Waals surface area contributed by atoms with Crippen LogP contribution in [0.3, 0.4) is 0 Å². The number of amides is 1. The molecule has 1 N–H and O–H groups in total. The Morgan fingerprint density at radius 1 is 1.13 bits per heavy atom. The number of ether oxygens (including phenoxy) is 1. The van der Waals surface area contributed by atoms with Gasteiger partial charge in [0.1, 0.15) is 5.75 Å². The molecule has 0 saturated carbocycles. The number of thioether (sulfide) groups is 1. The molecule has 0 unspecified atom stereocenters. The molecule has 0 saturated heterocycles. The van der Waals surface area contributed by atoms with Crippen LogP contribution >= 0.6 is 23.4 Å². The van der Waals surface area contributed by atoms with E-state index in [1.807, 2.05) is 48.5 Å². The number of rotatable bonds is 8. The molecule has 2 aromatic carbocycles. The molecule has 0 aromatic heterocycles. The molecule has 0 aliphatic heterocycles. The summed E-state index contributed by atoms with van der Waals surface area (Å²) >= 11 is 7.37. The van der Waals surface area contributed by atoms with E-state index in [-0.39, 0.29) is 5.91 Å². The largest absolute Gasteiger partial charge is 0.497 e. The second-order valence-corrected chi connectivity index (χ2v) is 6.53. The Hall–Kier alpha value is -1.65. The van der Waals surface area contributed by atoms with Crippen LogP contribution < -0.4 is 10.1 Å². The van der Waals surface area contributed by atoms with E-state index in [0.717, 1.165) is 28.5 Å². The molecule has 0 spiro atoms. The maximum Gasteiger partial charge on any atom is 0.230 e. The van der Waals surface area contributed by atoms with Crippen LogP contribution in [0.1, 0.15) is 12.0 Å². The lowest BCUT2D eigenvalue weighted by molar-refractivity contribution is -0.118. The quantitative estimate of drug-likeness (QED) is 0.573.